The number of hydrogen-bond acceptors (Lipinski definition) is 2. The molecule has 5 heteroatoms. The zero-order valence-corrected chi connectivity index (χ0v) is 14.2. The highest BCUT2D eigenvalue weighted by Crippen LogP contribution is 2.38. The minimum absolute atomic E-state index is 0.0927. The summed E-state index contributed by atoms with van der Waals surface area (Å²) in [5, 5.41) is 0. The quantitative estimate of drug-likeness (QED) is 0.585. The molecule has 1 fully saturated rings. The van der Waals surface area contributed by atoms with Crippen molar-refractivity contribution in [1.82, 2.24) is 0 Å². The van der Waals surface area contributed by atoms with E-state index in [2.05, 4.69) is 6.92 Å². The second-order valence-electron chi connectivity index (χ2n) is 6.08. The number of alkyl halides is 2. The van der Waals surface area contributed by atoms with Gasteiger partial charge in [-0.2, -0.15) is 0 Å². The minimum Gasteiger partial charge on any atom is -0.489 e. The van der Waals surface area contributed by atoms with Crippen molar-refractivity contribution >= 4 is 0 Å². The molecule has 134 valence electrons. The molecular weight excluding hydrogens is 317 g/mol. The van der Waals surface area contributed by atoms with E-state index < -0.39 is 17.8 Å². The van der Waals surface area contributed by atoms with Crippen LogP contribution in [0.2, 0.25) is 0 Å². The van der Waals surface area contributed by atoms with Crippen LogP contribution in [0.1, 0.15) is 63.0 Å². The largest absolute Gasteiger partial charge is 0.489 e. The highest BCUT2D eigenvalue weighted by atomic mass is 19.3. The lowest BCUT2D eigenvalue weighted by Gasteiger charge is -2.30. The monoisotopic (exact) mass is 342 g/mol. The topological polar surface area (TPSA) is 18.5 Å². The summed E-state index contributed by atoms with van der Waals surface area (Å²) in [6, 6.07) is 3.00. The molecule has 1 aromatic carbocycles. The molecule has 0 bridgehead atoms. The molecule has 0 amide bonds. The minimum atomic E-state index is -2.91. The molecule has 2 atom stereocenters. The third-order valence-electron chi connectivity index (χ3n) is 4.38. The molecule has 1 saturated heterocycles. The van der Waals surface area contributed by atoms with Crippen molar-refractivity contribution in [3.8, 4) is 5.75 Å². The Morgan fingerprint density at radius 3 is 2.71 bits per heavy atom. The van der Waals surface area contributed by atoms with Crippen molar-refractivity contribution in [2.75, 3.05) is 13.2 Å². The highest BCUT2D eigenvalue weighted by molar-refractivity contribution is 5.41. The maximum Gasteiger partial charge on any atom is 0.270 e. The second kappa shape index (κ2) is 9.11. The first-order chi connectivity index (χ1) is 11.6. The first-order valence-electron chi connectivity index (χ1n) is 8.54. The van der Waals surface area contributed by atoms with Gasteiger partial charge in [0.15, 0.2) is 0 Å². The summed E-state index contributed by atoms with van der Waals surface area (Å²) in [5.41, 5.74) is -0.341. The van der Waals surface area contributed by atoms with Gasteiger partial charge in [-0.05, 0) is 37.8 Å². The summed E-state index contributed by atoms with van der Waals surface area (Å²) in [6.45, 7) is 4.41. The molecule has 2 rings (SSSR count). The van der Waals surface area contributed by atoms with Crippen LogP contribution in [0.3, 0.4) is 0 Å². The fraction of sp³-hybridized carbons (Fsp3) is 0.579. The lowest BCUT2D eigenvalue weighted by Crippen LogP contribution is -2.25. The van der Waals surface area contributed by atoms with Crippen molar-refractivity contribution in [3.05, 3.63) is 41.2 Å². The van der Waals surface area contributed by atoms with E-state index in [-0.39, 0.29) is 24.4 Å². The molecule has 1 aliphatic rings. The van der Waals surface area contributed by atoms with Crippen LogP contribution >= 0.6 is 0 Å². The molecule has 0 saturated carbocycles. The Hall–Kier alpha value is -1.49. The van der Waals surface area contributed by atoms with E-state index in [1.165, 1.54) is 6.07 Å². The van der Waals surface area contributed by atoms with Crippen LogP contribution in [0.5, 0.6) is 5.75 Å². The number of allylic oxidation sites excluding steroid dienone is 1. The molecule has 0 spiro atoms. The molecular formula is C19H25F3O2. The Bertz CT molecular complexity index is 550. The van der Waals surface area contributed by atoms with Crippen molar-refractivity contribution in [2.24, 2.45) is 0 Å². The van der Waals surface area contributed by atoms with Gasteiger partial charge in [0.2, 0.25) is 0 Å². The summed E-state index contributed by atoms with van der Waals surface area (Å²) >= 11 is 0. The average molecular weight is 342 g/mol. The van der Waals surface area contributed by atoms with Gasteiger partial charge in [-0.25, -0.2) is 13.2 Å². The maximum atomic E-state index is 14.7. The standard InChI is InChI=1S/C19H25F3O2/c1-3-5-11-23-16-10-9-15(18(20)17(16)19(21)22)13-7-8-14(6-4-2)24-12-13/h3,5,9-10,13-14,19H,4,6-8,11-12H2,1-2H3. The normalized spacial score (nSPS) is 21.6. The first kappa shape index (κ1) is 18.8. The average Bonchev–Trinajstić information content (AvgIpc) is 2.56. The molecule has 0 radical (unpaired) electrons. The fourth-order valence-corrected chi connectivity index (χ4v) is 3.07. The zero-order valence-electron chi connectivity index (χ0n) is 14.2. The molecule has 1 aromatic rings. The van der Waals surface area contributed by atoms with Crippen LogP contribution in [-0.4, -0.2) is 19.3 Å². The Kier molecular flexibility index (Phi) is 7.16. The number of benzene rings is 1. The van der Waals surface area contributed by atoms with Gasteiger partial charge >= 0.3 is 0 Å². The second-order valence-corrected chi connectivity index (χ2v) is 6.08. The van der Waals surface area contributed by atoms with Gasteiger partial charge in [-0.3, -0.25) is 0 Å². The van der Waals surface area contributed by atoms with Crippen molar-refractivity contribution < 1.29 is 22.6 Å². The van der Waals surface area contributed by atoms with Gasteiger partial charge in [0.1, 0.15) is 18.2 Å². The maximum absolute atomic E-state index is 14.7. The summed E-state index contributed by atoms with van der Waals surface area (Å²) < 4.78 is 52.4. The van der Waals surface area contributed by atoms with Crippen LogP contribution in [0.4, 0.5) is 13.2 Å². The van der Waals surface area contributed by atoms with E-state index in [0.717, 1.165) is 25.7 Å². The number of hydrogen-bond donors (Lipinski definition) is 0. The van der Waals surface area contributed by atoms with Crippen LogP contribution in [0.25, 0.3) is 0 Å². The Morgan fingerprint density at radius 1 is 1.33 bits per heavy atom. The molecule has 24 heavy (non-hydrogen) atoms. The summed E-state index contributed by atoms with van der Waals surface area (Å²) in [6.07, 6.45) is 4.33. The van der Waals surface area contributed by atoms with Gasteiger partial charge in [-0.15, -0.1) is 0 Å². The Balaban J connectivity index is 2.18. The molecule has 0 N–H and O–H groups in total. The third-order valence-corrected chi connectivity index (χ3v) is 4.38. The third kappa shape index (κ3) is 4.53. The molecule has 0 aliphatic carbocycles. The van der Waals surface area contributed by atoms with Gasteiger partial charge in [0.25, 0.3) is 6.43 Å². The Labute approximate surface area is 141 Å². The molecule has 2 unspecified atom stereocenters. The van der Waals surface area contributed by atoms with Crippen LogP contribution in [0.15, 0.2) is 24.3 Å². The lowest BCUT2D eigenvalue weighted by molar-refractivity contribution is -0.00188. The van der Waals surface area contributed by atoms with Crippen LogP contribution in [-0.2, 0) is 4.74 Å². The summed E-state index contributed by atoms with van der Waals surface area (Å²) in [7, 11) is 0. The molecule has 1 aliphatic heterocycles. The van der Waals surface area contributed by atoms with E-state index in [1.807, 2.05) is 0 Å². The summed E-state index contributed by atoms with van der Waals surface area (Å²) in [5.74, 6) is -1.13. The predicted octanol–water partition coefficient (Wildman–Crippen LogP) is 5.78. The van der Waals surface area contributed by atoms with E-state index in [4.69, 9.17) is 9.47 Å². The number of halogens is 3. The SMILES string of the molecule is CC=CCOc1ccc(C2CCC(CCC)OC2)c(F)c1C(F)F. The van der Waals surface area contributed by atoms with E-state index in [1.54, 1.807) is 25.1 Å². The number of rotatable bonds is 7. The van der Waals surface area contributed by atoms with Crippen molar-refractivity contribution in [2.45, 2.75) is 58.0 Å². The highest BCUT2D eigenvalue weighted by Gasteiger charge is 2.29. The van der Waals surface area contributed by atoms with Crippen molar-refractivity contribution in [1.29, 1.82) is 0 Å². The van der Waals surface area contributed by atoms with Gasteiger partial charge in [0, 0.05) is 5.92 Å². The van der Waals surface area contributed by atoms with Crippen LogP contribution in [0, 0.1) is 5.82 Å². The molecule has 2 nitrogen and oxygen atoms in total. The zero-order chi connectivity index (χ0) is 17.5. The van der Waals surface area contributed by atoms with Gasteiger partial charge < -0.3 is 9.47 Å². The smallest absolute Gasteiger partial charge is 0.270 e. The summed E-state index contributed by atoms with van der Waals surface area (Å²) in [4.78, 5) is 0. The van der Waals surface area contributed by atoms with Crippen LogP contribution < -0.4 is 4.74 Å². The predicted molar refractivity (Wildman–Crippen MR) is 88.3 cm³/mol. The van der Waals surface area contributed by atoms with E-state index in [0.29, 0.717) is 12.2 Å². The first-order valence-corrected chi connectivity index (χ1v) is 8.54. The van der Waals surface area contributed by atoms with E-state index >= 15 is 0 Å². The lowest BCUT2D eigenvalue weighted by atomic mass is 9.89. The van der Waals surface area contributed by atoms with E-state index in [9.17, 15) is 13.2 Å². The van der Waals surface area contributed by atoms with Crippen molar-refractivity contribution in [3.63, 3.8) is 0 Å². The van der Waals surface area contributed by atoms with Gasteiger partial charge in [0.05, 0.1) is 18.3 Å². The molecule has 0 aromatic heterocycles. The fourth-order valence-electron chi connectivity index (χ4n) is 3.07. The Morgan fingerprint density at radius 2 is 2.12 bits per heavy atom. The number of ether oxygens (including phenoxy) is 2. The molecule has 1 heterocycles. The van der Waals surface area contributed by atoms with Gasteiger partial charge in [-0.1, -0.05) is 31.6 Å².